The summed E-state index contributed by atoms with van der Waals surface area (Å²) < 4.78 is 16.9. The summed E-state index contributed by atoms with van der Waals surface area (Å²) in [5.41, 5.74) is 2.43. The molecule has 1 aliphatic rings. The molecule has 1 fully saturated rings. The second kappa shape index (κ2) is 11.0. The topological polar surface area (TPSA) is 55.2 Å². The van der Waals surface area contributed by atoms with Gasteiger partial charge in [-0.25, -0.2) is 0 Å². The first-order valence-electron chi connectivity index (χ1n) is 11.1. The molecule has 0 aliphatic carbocycles. The average Bonchev–Trinajstić information content (AvgIpc) is 3.30. The van der Waals surface area contributed by atoms with Gasteiger partial charge in [0.05, 0.1) is 26.4 Å². The van der Waals surface area contributed by atoms with Gasteiger partial charge in [0.15, 0.2) is 5.76 Å². The summed E-state index contributed by atoms with van der Waals surface area (Å²) in [4.78, 5) is 16.8. The smallest absolute Gasteiger partial charge is 0.289 e. The molecule has 0 radical (unpaired) electrons. The van der Waals surface area contributed by atoms with Gasteiger partial charge in [0, 0.05) is 26.2 Å². The number of nitrogens with zero attached hydrogens (tertiary/aromatic N) is 2. The zero-order valence-electron chi connectivity index (χ0n) is 18.5. The second-order valence-electron chi connectivity index (χ2n) is 7.88. The number of furan rings is 1. The summed E-state index contributed by atoms with van der Waals surface area (Å²) in [7, 11) is 0. The lowest BCUT2D eigenvalue weighted by atomic mass is 10.1. The van der Waals surface area contributed by atoms with Crippen LogP contribution in [0, 0.1) is 0 Å². The lowest BCUT2D eigenvalue weighted by Gasteiger charge is -2.25. The lowest BCUT2D eigenvalue weighted by molar-refractivity contribution is 0.0281. The van der Waals surface area contributed by atoms with E-state index in [0.29, 0.717) is 45.2 Å². The summed E-state index contributed by atoms with van der Waals surface area (Å²) in [6.07, 6.45) is 0. The fraction of sp³-hybridized carbons (Fsp3) is 0.346. The first-order valence-corrected chi connectivity index (χ1v) is 11.1. The van der Waals surface area contributed by atoms with E-state index >= 15 is 0 Å². The molecule has 2 heterocycles. The number of benzene rings is 2. The molecule has 6 heteroatoms. The Hall–Kier alpha value is -3.09. The molecule has 168 valence electrons. The highest BCUT2D eigenvalue weighted by Crippen LogP contribution is 2.19. The van der Waals surface area contributed by atoms with Crippen molar-refractivity contribution in [3.8, 4) is 5.75 Å². The Morgan fingerprint density at radius 1 is 0.906 bits per heavy atom. The normalized spacial score (nSPS) is 14.0. The van der Waals surface area contributed by atoms with Gasteiger partial charge in [-0.3, -0.25) is 9.69 Å². The van der Waals surface area contributed by atoms with Gasteiger partial charge in [-0.2, -0.15) is 0 Å². The van der Waals surface area contributed by atoms with Crippen LogP contribution in [-0.4, -0.2) is 48.6 Å². The number of carbonyl (C=O) groups excluding carboxylic acids is 1. The summed E-state index contributed by atoms with van der Waals surface area (Å²) in [5, 5.41) is 0. The third kappa shape index (κ3) is 5.99. The van der Waals surface area contributed by atoms with Gasteiger partial charge in [0.2, 0.25) is 0 Å². The van der Waals surface area contributed by atoms with Crippen LogP contribution < -0.4 is 4.74 Å². The number of ether oxygens (including phenoxy) is 2. The van der Waals surface area contributed by atoms with E-state index in [1.807, 2.05) is 31.2 Å². The number of morpholine rings is 1. The van der Waals surface area contributed by atoms with Crippen LogP contribution in [0.2, 0.25) is 0 Å². The molecule has 0 bridgehead atoms. The molecule has 0 spiro atoms. The Kier molecular flexibility index (Phi) is 7.59. The quantitative estimate of drug-likeness (QED) is 0.501. The molecular formula is C26H30N2O4. The largest absolute Gasteiger partial charge is 0.494 e. The Balaban J connectivity index is 1.46. The molecule has 6 nitrogen and oxygen atoms in total. The van der Waals surface area contributed by atoms with E-state index in [4.69, 9.17) is 13.9 Å². The van der Waals surface area contributed by atoms with E-state index in [-0.39, 0.29) is 5.91 Å². The number of carbonyl (C=O) groups is 1. The van der Waals surface area contributed by atoms with Gasteiger partial charge in [0.25, 0.3) is 5.91 Å². The van der Waals surface area contributed by atoms with Crippen molar-refractivity contribution in [2.24, 2.45) is 0 Å². The molecule has 2 aromatic carbocycles. The predicted molar refractivity (Wildman–Crippen MR) is 122 cm³/mol. The Morgan fingerprint density at radius 3 is 2.28 bits per heavy atom. The van der Waals surface area contributed by atoms with Crippen LogP contribution in [0.4, 0.5) is 0 Å². The molecule has 1 amide bonds. The minimum atomic E-state index is -0.0688. The molecule has 4 rings (SSSR count). The van der Waals surface area contributed by atoms with Gasteiger partial charge in [-0.15, -0.1) is 0 Å². The first-order chi connectivity index (χ1) is 15.7. The second-order valence-corrected chi connectivity index (χ2v) is 7.88. The molecule has 3 aromatic rings. The van der Waals surface area contributed by atoms with Crippen molar-refractivity contribution < 1.29 is 18.7 Å². The van der Waals surface area contributed by atoms with Crippen molar-refractivity contribution in [3.63, 3.8) is 0 Å². The molecule has 0 atom stereocenters. The summed E-state index contributed by atoms with van der Waals surface area (Å²) in [6.45, 7) is 7.15. The zero-order chi connectivity index (χ0) is 22.2. The SMILES string of the molecule is CCOc1ccc(CN(Cc2ccccc2)Cc2ccc(C(=O)N3CCOCC3)o2)cc1. The van der Waals surface area contributed by atoms with Crippen molar-refractivity contribution in [1.82, 2.24) is 9.80 Å². The van der Waals surface area contributed by atoms with Crippen molar-refractivity contribution in [2.75, 3.05) is 32.9 Å². The number of hydrogen-bond acceptors (Lipinski definition) is 5. The average molecular weight is 435 g/mol. The van der Waals surface area contributed by atoms with Crippen molar-refractivity contribution in [3.05, 3.63) is 89.4 Å². The monoisotopic (exact) mass is 434 g/mol. The Labute approximate surface area is 189 Å². The molecule has 0 unspecified atom stereocenters. The third-order valence-electron chi connectivity index (χ3n) is 5.44. The van der Waals surface area contributed by atoms with Crippen LogP contribution in [0.3, 0.4) is 0 Å². The zero-order valence-corrected chi connectivity index (χ0v) is 18.5. The van der Waals surface area contributed by atoms with Crippen LogP contribution >= 0.6 is 0 Å². The molecule has 1 aliphatic heterocycles. The predicted octanol–water partition coefficient (Wildman–Crippen LogP) is 4.35. The van der Waals surface area contributed by atoms with Crippen molar-refractivity contribution in [1.29, 1.82) is 0 Å². The summed E-state index contributed by atoms with van der Waals surface area (Å²) in [6, 6.07) is 22.3. The van der Waals surface area contributed by atoms with E-state index in [1.54, 1.807) is 11.0 Å². The third-order valence-corrected chi connectivity index (χ3v) is 5.44. The Bertz CT molecular complexity index is 979. The van der Waals surface area contributed by atoms with Crippen LogP contribution in [0.1, 0.15) is 34.4 Å². The summed E-state index contributed by atoms with van der Waals surface area (Å²) in [5.74, 6) is 1.98. The highest BCUT2D eigenvalue weighted by Gasteiger charge is 2.22. The maximum absolute atomic E-state index is 12.7. The summed E-state index contributed by atoms with van der Waals surface area (Å²) >= 11 is 0. The van der Waals surface area contributed by atoms with Crippen molar-refractivity contribution in [2.45, 2.75) is 26.6 Å². The standard InChI is InChI=1S/C26H30N2O4/c1-2-31-23-10-8-22(9-11-23)19-27(18-21-6-4-3-5-7-21)20-24-12-13-25(32-24)26(29)28-14-16-30-17-15-28/h3-13H,2,14-20H2,1H3. The molecule has 1 saturated heterocycles. The van der Waals surface area contributed by atoms with Gasteiger partial charge in [0.1, 0.15) is 11.5 Å². The van der Waals surface area contributed by atoms with Crippen molar-refractivity contribution >= 4 is 5.91 Å². The molecule has 0 saturated carbocycles. The van der Waals surface area contributed by atoms with Crippen LogP contribution in [0.5, 0.6) is 5.75 Å². The lowest BCUT2D eigenvalue weighted by Crippen LogP contribution is -2.40. The molecule has 0 N–H and O–H groups in total. The number of hydrogen-bond donors (Lipinski definition) is 0. The van der Waals surface area contributed by atoms with Gasteiger partial charge < -0.3 is 18.8 Å². The first kappa shape index (κ1) is 22.1. The van der Waals surface area contributed by atoms with E-state index < -0.39 is 0 Å². The van der Waals surface area contributed by atoms with Crippen LogP contribution in [-0.2, 0) is 24.4 Å². The van der Waals surface area contributed by atoms with E-state index in [0.717, 1.165) is 24.6 Å². The molecular weight excluding hydrogens is 404 g/mol. The van der Waals surface area contributed by atoms with E-state index in [1.165, 1.54) is 11.1 Å². The number of amides is 1. The van der Waals surface area contributed by atoms with Gasteiger partial charge in [-0.05, 0) is 42.3 Å². The maximum atomic E-state index is 12.7. The van der Waals surface area contributed by atoms with Gasteiger partial charge in [-0.1, -0.05) is 42.5 Å². The highest BCUT2D eigenvalue weighted by molar-refractivity contribution is 5.91. The molecule has 1 aromatic heterocycles. The van der Waals surface area contributed by atoms with Crippen LogP contribution in [0.15, 0.2) is 71.1 Å². The van der Waals surface area contributed by atoms with Gasteiger partial charge >= 0.3 is 0 Å². The minimum Gasteiger partial charge on any atom is -0.494 e. The van der Waals surface area contributed by atoms with Crippen LogP contribution in [0.25, 0.3) is 0 Å². The highest BCUT2D eigenvalue weighted by atomic mass is 16.5. The van der Waals surface area contributed by atoms with E-state index in [2.05, 4.69) is 41.3 Å². The fourth-order valence-corrected chi connectivity index (χ4v) is 3.85. The number of rotatable bonds is 9. The Morgan fingerprint density at radius 2 is 1.59 bits per heavy atom. The molecule has 32 heavy (non-hydrogen) atoms. The maximum Gasteiger partial charge on any atom is 0.289 e. The minimum absolute atomic E-state index is 0.0688. The fourth-order valence-electron chi connectivity index (χ4n) is 3.85. The van der Waals surface area contributed by atoms with E-state index in [9.17, 15) is 4.79 Å².